The van der Waals surface area contributed by atoms with E-state index in [0.717, 1.165) is 31.0 Å². The van der Waals surface area contributed by atoms with Crippen LogP contribution in [0.3, 0.4) is 0 Å². The molecule has 3 aromatic rings. The first-order valence-corrected chi connectivity index (χ1v) is 9.50. The maximum atomic E-state index is 13.3. The van der Waals surface area contributed by atoms with Gasteiger partial charge in [-0.05, 0) is 12.1 Å². The summed E-state index contributed by atoms with van der Waals surface area (Å²) in [6, 6.07) is 7.90. The molecule has 6 nitrogen and oxygen atoms in total. The van der Waals surface area contributed by atoms with Gasteiger partial charge in [0.1, 0.15) is 5.82 Å². The predicted octanol–water partition coefficient (Wildman–Crippen LogP) is 2.68. The zero-order valence-electron chi connectivity index (χ0n) is 14.4. The van der Waals surface area contributed by atoms with Crippen molar-refractivity contribution in [3.05, 3.63) is 48.2 Å². The fourth-order valence-corrected chi connectivity index (χ4v) is 3.78. The molecule has 0 aliphatic carbocycles. The Hall–Kier alpha value is -2.68. The number of imidazole rings is 1. The number of hydrogen-bond acceptors (Lipinski definition) is 5. The minimum atomic E-state index is -0.938. The Morgan fingerprint density at radius 1 is 1.15 bits per heavy atom. The second-order valence-corrected chi connectivity index (χ2v) is 7.13. The van der Waals surface area contributed by atoms with E-state index >= 15 is 0 Å². The molecule has 1 N–H and O–H groups in total. The van der Waals surface area contributed by atoms with Gasteiger partial charge in [0.25, 0.3) is 0 Å². The fraction of sp³-hybridized carbons (Fsp3) is 0.278. The summed E-state index contributed by atoms with van der Waals surface area (Å²) in [5.74, 6) is -0.717. The predicted molar refractivity (Wildman–Crippen MR) is 99.8 cm³/mol. The van der Waals surface area contributed by atoms with Gasteiger partial charge in [-0.1, -0.05) is 17.8 Å². The summed E-state index contributed by atoms with van der Waals surface area (Å²) in [5, 5.41) is 0.468. The number of amides is 1. The van der Waals surface area contributed by atoms with Gasteiger partial charge >= 0.3 is 0 Å². The number of aromatic nitrogens is 3. The van der Waals surface area contributed by atoms with Crippen LogP contribution in [0.5, 0.6) is 0 Å². The van der Waals surface area contributed by atoms with Gasteiger partial charge in [0.15, 0.2) is 16.8 Å². The summed E-state index contributed by atoms with van der Waals surface area (Å²) in [7, 11) is 0. The molecule has 2 aromatic heterocycles. The molecule has 1 fully saturated rings. The number of rotatable bonds is 4. The molecule has 0 bridgehead atoms. The second kappa shape index (κ2) is 7.51. The number of carbonyl (C=O) groups is 1. The average molecular weight is 389 g/mol. The highest BCUT2D eigenvalue weighted by molar-refractivity contribution is 7.99. The quantitative estimate of drug-likeness (QED) is 0.695. The van der Waals surface area contributed by atoms with Crippen molar-refractivity contribution in [2.45, 2.75) is 5.16 Å². The highest BCUT2D eigenvalue weighted by atomic mass is 32.2. The summed E-state index contributed by atoms with van der Waals surface area (Å²) in [4.78, 5) is 27.9. The molecular formula is C18H17F2N5OS. The zero-order chi connectivity index (χ0) is 18.8. The summed E-state index contributed by atoms with van der Waals surface area (Å²) in [6.45, 7) is 2.73. The Balaban J connectivity index is 1.32. The van der Waals surface area contributed by atoms with Crippen molar-refractivity contribution < 1.29 is 13.6 Å². The maximum absolute atomic E-state index is 13.3. The van der Waals surface area contributed by atoms with Gasteiger partial charge in [-0.2, -0.15) is 0 Å². The van der Waals surface area contributed by atoms with Crippen molar-refractivity contribution in [1.82, 2.24) is 19.9 Å². The SMILES string of the molecule is O=C(CSc1nc2cc(F)c(F)cc2[nH]1)N1CCN(c2ccccn2)CC1. The monoisotopic (exact) mass is 389 g/mol. The number of benzene rings is 1. The first-order valence-electron chi connectivity index (χ1n) is 8.51. The summed E-state index contributed by atoms with van der Waals surface area (Å²) >= 11 is 1.23. The Labute approximate surface area is 158 Å². The molecule has 0 atom stereocenters. The van der Waals surface area contributed by atoms with E-state index in [2.05, 4.69) is 19.9 Å². The topological polar surface area (TPSA) is 65.1 Å². The van der Waals surface area contributed by atoms with Gasteiger partial charge in [0, 0.05) is 44.5 Å². The van der Waals surface area contributed by atoms with Crippen LogP contribution in [0.15, 0.2) is 41.7 Å². The lowest BCUT2D eigenvalue weighted by Crippen LogP contribution is -2.49. The van der Waals surface area contributed by atoms with E-state index < -0.39 is 11.6 Å². The first kappa shape index (κ1) is 17.7. The summed E-state index contributed by atoms with van der Waals surface area (Å²) in [5.41, 5.74) is 0.751. The van der Waals surface area contributed by atoms with Crippen LogP contribution in [-0.4, -0.2) is 57.7 Å². The zero-order valence-corrected chi connectivity index (χ0v) is 15.2. The molecule has 0 unspecified atom stereocenters. The summed E-state index contributed by atoms with van der Waals surface area (Å²) in [6.07, 6.45) is 1.76. The molecule has 140 valence electrons. The van der Waals surface area contributed by atoms with E-state index in [1.807, 2.05) is 23.1 Å². The van der Waals surface area contributed by atoms with E-state index in [-0.39, 0.29) is 11.7 Å². The van der Waals surface area contributed by atoms with Crippen LogP contribution in [0.25, 0.3) is 11.0 Å². The number of piperazine rings is 1. The molecule has 1 saturated heterocycles. The Morgan fingerprint density at radius 3 is 2.67 bits per heavy atom. The number of halogens is 2. The highest BCUT2D eigenvalue weighted by Gasteiger charge is 2.22. The van der Waals surface area contributed by atoms with E-state index in [0.29, 0.717) is 29.3 Å². The lowest BCUT2D eigenvalue weighted by atomic mass is 10.3. The molecule has 1 aliphatic heterocycles. The molecule has 9 heteroatoms. The molecule has 1 amide bonds. The van der Waals surface area contributed by atoms with Gasteiger partial charge in [0.2, 0.25) is 5.91 Å². The number of aromatic amines is 1. The number of hydrogen-bond donors (Lipinski definition) is 1. The van der Waals surface area contributed by atoms with E-state index in [4.69, 9.17) is 0 Å². The number of carbonyl (C=O) groups excluding carboxylic acids is 1. The van der Waals surface area contributed by atoms with Gasteiger partial charge in [-0.25, -0.2) is 18.7 Å². The molecule has 0 saturated carbocycles. The molecule has 27 heavy (non-hydrogen) atoms. The lowest BCUT2D eigenvalue weighted by molar-refractivity contribution is -0.128. The molecule has 0 spiro atoms. The lowest BCUT2D eigenvalue weighted by Gasteiger charge is -2.35. The highest BCUT2D eigenvalue weighted by Crippen LogP contribution is 2.22. The van der Waals surface area contributed by atoms with Gasteiger partial charge in [-0.15, -0.1) is 0 Å². The number of nitrogens with one attached hydrogen (secondary N) is 1. The van der Waals surface area contributed by atoms with Crippen molar-refractivity contribution in [2.75, 3.05) is 36.8 Å². The van der Waals surface area contributed by atoms with Crippen LogP contribution in [0.2, 0.25) is 0 Å². The van der Waals surface area contributed by atoms with Crippen molar-refractivity contribution in [3.63, 3.8) is 0 Å². The van der Waals surface area contributed by atoms with Crippen LogP contribution in [0.1, 0.15) is 0 Å². The Bertz CT molecular complexity index is 918. The third kappa shape index (κ3) is 3.87. The minimum Gasteiger partial charge on any atom is -0.353 e. The standard InChI is InChI=1S/C18H17F2N5OS/c19-12-9-14-15(10-13(12)20)23-18(22-14)27-11-17(26)25-7-5-24(6-8-25)16-3-1-2-4-21-16/h1-4,9-10H,5-8,11H2,(H,22,23). The molecule has 3 heterocycles. The van der Waals surface area contributed by atoms with Crippen LogP contribution < -0.4 is 4.90 Å². The van der Waals surface area contributed by atoms with Gasteiger partial charge in [-0.3, -0.25) is 4.79 Å². The smallest absolute Gasteiger partial charge is 0.233 e. The van der Waals surface area contributed by atoms with Crippen molar-refractivity contribution in [1.29, 1.82) is 0 Å². The molecule has 1 aliphatic rings. The van der Waals surface area contributed by atoms with Gasteiger partial charge < -0.3 is 14.8 Å². The molecule has 0 radical (unpaired) electrons. The van der Waals surface area contributed by atoms with Crippen LogP contribution in [0.4, 0.5) is 14.6 Å². The van der Waals surface area contributed by atoms with E-state index in [1.165, 1.54) is 11.8 Å². The maximum Gasteiger partial charge on any atom is 0.233 e. The summed E-state index contributed by atoms with van der Waals surface area (Å²) < 4.78 is 26.5. The molecular weight excluding hydrogens is 372 g/mol. The first-order chi connectivity index (χ1) is 13.1. The third-order valence-corrected chi connectivity index (χ3v) is 5.30. The van der Waals surface area contributed by atoms with Crippen molar-refractivity contribution >= 4 is 34.5 Å². The third-order valence-electron chi connectivity index (χ3n) is 4.44. The van der Waals surface area contributed by atoms with Crippen molar-refractivity contribution in [2.24, 2.45) is 0 Å². The number of pyridine rings is 1. The normalized spacial score (nSPS) is 14.7. The van der Waals surface area contributed by atoms with E-state index in [9.17, 15) is 13.6 Å². The largest absolute Gasteiger partial charge is 0.353 e. The minimum absolute atomic E-state index is 0.0125. The second-order valence-electron chi connectivity index (χ2n) is 6.17. The van der Waals surface area contributed by atoms with Crippen LogP contribution in [-0.2, 0) is 4.79 Å². The van der Waals surface area contributed by atoms with Crippen molar-refractivity contribution in [3.8, 4) is 0 Å². The number of H-pyrrole nitrogens is 1. The number of thioether (sulfide) groups is 1. The Kier molecular flexibility index (Phi) is 4.93. The Morgan fingerprint density at radius 2 is 1.93 bits per heavy atom. The average Bonchev–Trinajstić information content (AvgIpc) is 3.09. The van der Waals surface area contributed by atoms with Crippen LogP contribution in [0, 0.1) is 11.6 Å². The molecule has 1 aromatic carbocycles. The molecule has 4 rings (SSSR count). The number of anilines is 1. The van der Waals surface area contributed by atoms with E-state index in [1.54, 1.807) is 6.20 Å². The fourth-order valence-electron chi connectivity index (χ4n) is 3.00. The number of fused-ring (bicyclic) bond motifs is 1. The van der Waals surface area contributed by atoms with Gasteiger partial charge in [0.05, 0.1) is 16.8 Å². The van der Waals surface area contributed by atoms with Crippen LogP contribution >= 0.6 is 11.8 Å². The number of nitrogens with zero attached hydrogens (tertiary/aromatic N) is 4.